The molecule has 0 amide bonds. The molecule has 1 saturated heterocycles. The Bertz CT molecular complexity index is 1050. The molecule has 0 radical (unpaired) electrons. The molecule has 35 heavy (non-hydrogen) atoms. The van der Waals surface area contributed by atoms with E-state index in [9.17, 15) is 0 Å². The quantitative estimate of drug-likeness (QED) is 0.250. The van der Waals surface area contributed by atoms with E-state index in [1.165, 1.54) is 16.7 Å². The second kappa shape index (κ2) is 13.5. The molecule has 0 bridgehead atoms. The number of thioether (sulfide) groups is 1. The van der Waals surface area contributed by atoms with Gasteiger partial charge in [-0.3, -0.25) is 0 Å². The van der Waals surface area contributed by atoms with Gasteiger partial charge in [-0.2, -0.15) is 0 Å². The minimum Gasteiger partial charge on any atom is -0.493 e. The summed E-state index contributed by atoms with van der Waals surface area (Å²) in [5.41, 5.74) is 3.86. The molecule has 0 spiro atoms. The van der Waals surface area contributed by atoms with Crippen molar-refractivity contribution < 1.29 is 14.2 Å². The summed E-state index contributed by atoms with van der Waals surface area (Å²) in [5.74, 6) is 5.81. The molecule has 1 fully saturated rings. The van der Waals surface area contributed by atoms with Gasteiger partial charge in [0.15, 0.2) is 0 Å². The molecular formula is C30H37NO3S. The van der Waals surface area contributed by atoms with Crippen molar-refractivity contribution in [1.29, 1.82) is 0 Å². The first-order chi connectivity index (χ1) is 17.3. The Morgan fingerprint density at radius 3 is 2.14 bits per heavy atom. The third-order valence-electron chi connectivity index (χ3n) is 6.06. The Kier molecular flexibility index (Phi) is 9.79. The molecule has 1 heterocycles. The Hall–Kier alpha value is -2.63. The average molecular weight is 492 g/mol. The molecule has 1 aliphatic rings. The summed E-state index contributed by atoms with van der Waals surface area (Å²) in [4.78, 5) is 0. The van der Waals surface area contributed by atoms with Gasteiger partial charge in [-0.1, -0.05) is 57.0 Å². The largest absolute Gasteiger partial charge is 0.493 e. The van der Waals surface area contributed by atoms with Crippen molar-refractivity contribution in [3.05, 3.63) is 83.4 Å². The monoisotopic (exact) mass is 491 g/mol. The lowest BCUT2D eigenvalue weighted by Gasteiger charge is -2.16. The van der Waals surface area contributed by atoms with Gasteiger partial charge in [0.05, 0.1) is 13.2 Å². The predicted molar refractivity (Wildman–Crippen MR) is 146 cm³/mol. The van der Waals surface area contributed by atoms with Gasteiger partial charge in [0.2, 0.25) is 0 Å². The first-order valence-electron chi connectivity index (χ1n) is 12.8. The highest BCUT2D eigenvalue weighted by atomic mass is 32.2. The molecule has 3 aromatic carbocycles. The molecule has 3 aromatic rings. The summed E-state index contributed by atoms with van der Waals surface area (Å²) >= 11 is 1.96. The lowest BCUT2D eigenvalue weighted by Crippen LogP contribution is -2.15. The number of ether oxygens (including phenoxy) is 3. The smallest absolute Gasteiger partial charge is 0.127 e. The van der Waals surface area contributed by atoms with Crippen LogP contribution in [-0.4, -0.2) is 24.8 Å². The van der Waals surface area contributed by atoms with E-state index in [-0.39, 0.29) is 0 Å². The second-order valence-electron chi connectivity index (χ2n) is 8.87. The Morgan fingerprint density at radius 1 is 0.800 bits per heavy atom. The summed E-state index contributed by atoms with van der Waals surface area (Å²) in [6.07, 6.45) is 5.00. The van der Waals surface area contributed by atoms with E-state index in [0.29, 0.717) is 19.3 Å². The SMILES string of the molecule is CCCc1cc(Oc2ccccc2)ccc1OCCCOc1ccc(C2CSCN2)cc1CCC. The second-order valence-corrected chi connectivity index (χ2v) is 9.90. The number of aryl methyl sites for hydroxylation is 2. The highest BCUT2D eigenvalue weighted by Gasteiger charge is 2.18. The zero-order chi connectivity index (χ0) is 24.3. The van der Waals surface area contributed by atoms with Gasteiger partial charge in [0.25, 0.3) is 0 Å². The maximum atomic E-state index is 6.18. The van der Waals surface area contributed by atoms with Gasteiger partial charge < -0.3 is 19.5 Å². The van der Waals surface area contributed by atoms with E-state index < -0.39 is 0 Å². The van der Waals surface area contributed by atoms with Crippen molar-refractivity contribution in [1.82, 2.24) is 5.32 Å². The molecule has 1 N–H and O–H groups in total. The summed E-state index contributed by atoms with van der Waals surface area (Å²) in [5, 5.41) is 3.56. The fourth-order valence-electron chi connectivity index (χ4n) is 4.30. The maximum absolute atomic E-state index is 6.18. The molecule has 4 rings (SSSR count). The van der Waals surface area contributed by atoms with Gasteiger partial charge in [-0.05, 0) is 65.9 Å². The minimum absolute atomic E-state index is 0.458. The van der Waals surface area contributed by atoms with Crippen LogP contribution in [0.4, 0.5) is 0 Å². The van der Waals surface area contributed by atoms with Crippen LogP contribution in [0.3, 0.4) is 0 Å². The van der Waals surface area contributed by atoms with Crippen molar-refractivity contribution in [3.63, 3.8) is 0 Å². The number of rotatable bonds is 13. The van der Waals surface area contributed by atoms with Gasteiger partial charge in [0, 0.05) is 24.1 Å². The lowest BCUT2D eigenvalue weighted by atomic mass is 10.0. The Morgan fingerprint density at radius 2 is 1.49 bits per heavy atom. The van der Waals surface area contributed by atoms with Crippen molar-refractivity contribution in [3.8, 4) is 23.0 Å². The third-order valence-corrected chi connectivity index (χ3v) is 7.00. The van der Waals surface area contributed by atoms with Crippen molar-refractivity contribution >= 4 is 11.8 Å². The van der Waals surface area contributed by atoms with Crippen LogP contribution in [-0.2, 0) is 12.8 Å². The van der Waals surface area contributed by atoms with Crippen LogP contribution in [0.15, 0.2) is 66.7 Å². The molecule has 5 heteroatoms. The number of hydrogen-bond acceptors (Lipinski definition) is 5. The zero-order valence-corrected chi connectivity index (χ0v) is 21.7. The van der Waals surface area contributed by atoms with Crippen LogP contribution in [0.2, 0.25) is 0 Å². The summed E-state index contributed by atoms with van der Waals surface area (Å²) < 4.78 is 18.3. The number of para-hydroxylation sites is 1. The van der Waals surface area contributed by atoms with Gasteiger partial charge >= 0.3 is 0 Å². The Balaban J connectivity index is 1.29. The standard InChI is InChI=1S/C30H37NO3S/c1-3-9-24-19-23(28-21-35-22-31-28)13-15-29(24)32-17-8-18-33-30-16-14-27(20-25(30)10-4-2)34-26-11-6-5-7-12-26/h5-7,11-16,19-20,28,31H,3-4,8-10,17-18,21-22H2,1-2H3. The third kappa shape index (κ3) is 7.42. The van der Waals surface area contributed by atoms with E-state index >= 15 is 0 Å². The summed E-state index contributed by atoms with van der Waals surface area (Å²) in [6, 6.07) is 23.1. The Labute approximate surface area is 214 Å². The molecule has 1 aliphatic heterocycles. The molecule has 1 unspecified atom stereocenters. The normalized spacial score (nSPS) is 15.2. The molecule has 0 aliphatic carbocycles. The van der Waals surface area contributed by atoms with Gasteiger partial charge in [-0.15, -0.1) is 11.8 Å². The van der Waals surface area contributed by atoms with Gasteiger partial charge in [-0.25, -0.2) is 0 Å². The average Bonchev–Trinajstić information content (AvgIpc) is 3.42. The van der Waals surface area contributed by atoms with Crippen molar-refractivity contribution in [2.45, 2.75) is 52.0 Å². The maximum Gasteiger partial charge on any atom is 0.127 e. The number of benzene rings is 3. The van der Waals surface area contributed by atoms with Crippen LogP contribution in [0.5, 0.6) is 23.0 Å². The van der Waals surface area contributed by atoms with Crippen LogP contribution in [0.25, 0.3) is 0 Å². The number of hydrogen-bond donors (Lipinski definition) is 1. The molecule has 186 valence electrons. The van der Waals surface area contributed by atoms with E-state index in [4.69, 9.17) is 14.2 Å². The van der Waals surface area contributed by atoms with Crippen LogP contribution < -0.4 is 19.5 Å². The topological polar surface area (TPSA) is 39.7 Å². The minimum atomic E-state index is 0.458. The highest BCUT2D eigenvalue weighted by Crippen LogP contribution is 2.30. The van der Waals surface area contributed by atoms with E-state index in [0.717, 1.165) is 66.7 Å². The number of nitrogens with one attached hydrogen (secondary N) is 1. The van der Waals surface area contributed by atoms with Gasteiger partial charge in [0.1, 0.15) is 23.0 Å². The molecule has 0 aromatic heterocycles. The van der Waals surface area contributed by atoms with E-state index in [2.05, 4.69) is 43.4 Å². The van der Waals surface area contributed by atoms with Crippen molar-refractivity contribution in [2.24, 2.45) is 0 Å². The van der Waals surface area contributed by atoms with Crippen LogP contribution in [0.1, 0.15) is 55.8 Å². The fourth-order valence-corrected chi connectivity index (χ4v) is 5.29. The van der Waals surface area contributed by atoms with E-state index in [1.54, 1.807) is 0 Å². The highest BCUT2D eigenvalue weighted by molar-refractivity contribution is 7.99. The summed E-state index contributed by atoms with van der Waals surface area (Å²) in [6.45, 7) is 5.67. The predicted octanol–water partition coefficient (Wildman–Crippen LogP) is 7.57. The molecule has 0 saturated carbocycles. The zero-order valence-electron chi connectivity index (χ0n) is 20.9. The molecular weight excluding hydrogens is 454 g/mol. The van der Waals surface area contributed by atoms with Crippen molar-refractivity contribution in [2.75, 3.05) is 24.8 Å². The molecule has 4 nitrogen and oxygen atoms in total. The first-order valence-corrected chi connectivity index (χ1v) is 14.0. The fraction of sp³-hybridized carbons (Fsp3) is 0.400. The first kappa shape index (κ1) is 25.5. The van der Waals surface area contributed by atoms with E-state index in [1.807, 2.05) is 54.2 Å². The lowest BCUT2D eigenvalue weighted by molar-refractivity contribution is 0.244. The summed E-state index contributed by atoms with van der Waals surface area (Å²) in [7, 11) is 0. The van der Waals surface area contributed by atoms with Crippen LogP contribution in [0, 0.1) is 0 Å². The molecule has 1 atom stereocenters. The van der Waals surface area contributed by atoms with Crippen LogP contribution >= 0.6 is 11.8 Å².